The van der Waals surface area contributed by atoms with E-state index in [1.54, 1.807) is 4.40 Å². The molecule has 1 aliphatic heterocycles. The maximum absolute atomic E-state index is 11.1. The van der Waals surface area contributed by atoms with Gasteiger partial charge in [0.25, 0.3) is 0 Å². The van der Waals surface area contributed by atoms with Crippen molar-refractivity contribution in [1.82, 2.24) is 14.6 Å². The predicted octanol–water partition coefficient (Wildman–Crippen LogP) is 2.58. The zero-order valence-corrected chi connectivity index (χ0v) is 12.2. The topological polar surface area (TPSA) is 76.7 Å². The van der Waals surface area contributed by atoms with Crippen molar-refractivity contribution in [1.29, 1.82) is 0 Å². The van der Waals surface area contributed by atoms with Crippen LogP contribution in [0.4, 0.5) is 0 Å². The van der Waals surface area contributed by atoms with E-state index < -0.39 is 5.97 Å². The summed E-state index contributed by atoms with van der Waals surface area (Å²) >= 11 is 6.06. The van der Waals surface area contributed by atoms with Crippen LogP contribution < -0.4 is 0 Å². The molecule has 3 heterocycles. The predicted molar refractivity (Wildman–Crippen MR) is 76.9 cm³/mol. The van der Waals surface area contributed by atoms with Crippen LogP contribution in [0, 0.1) is 0 Å². The summed E-state index contributed by atoms with van der Waals surface area (Å²) in [7, 11) is 0. The number of carboxylic acids is 1. The number of hydrogen-bond donors (Lipinski definition) is 1. The second-order valence-electron chi connectivity index (χ2n) is 5.22. The standard InChI is InChI=1S/C14H16ClN3O3/c15-11-7-9(14(19)20)8-18-12(16-17-13(11)18)5-4-10-3-1-2-6-21-10/h7-8,10H,1-6H2,(H,19,20). The van der Waals surface area contributed by atoms with Crippen molar-refractivity contribution in [3.05, 3.63) is 28.7 Å². The van der Waals surface area contributed by atoms with Crippen LogP contribution in [0.1, 0.15) is 41.9 Å². The van der Waals surface area contributed by atoms with Crippen molar-refractivity contribution in [3.63, 3.8) is 0 Å². The van der Waals surface area contributed by atoms with Gasteiger partial charge in [-0.2, -0.15) is 0 Å². The number of aryl methyl sites for hydroxylation is 1. The third-order valence-electron chi connectivity index (χ3n) is 3.74. The van der Waals surface area contributed by atoms with Crippen LogP contribution in [0.15, 0.2) is 12.3 Å². The van der Waals surface area contributed by atoms with Gasteiger partial charge in [-0.25, -0.2) is 4.79 Å². The lowest BCUT2D eigenvalue weighted by Crippen LogP contribution is -2.20. The van der Waals surface area contributed by atoms with E-state index in [-0.39, 0.29) is 11.7 Å². The lowest BCUT2D eigenvalue weighted by atomic mass is 10.0. The molecule has 21 heavy (non-hydrogen) atoms. The van der Waals surface area contributed by atoms with Crippen LogP contribution in [-0.4, -0.2) is 38.4 Å². The molecule has 1 aliphatic rings. The van der Waals surface area contributed by atoms with Crippen LogP contribution >= 0.6 is 11.6 Å². The number of pyridine rings is 1. The average molecular weight is 310 g/mol. The first kappa shape index (κ1) is 14.3. The minimum Gasteiger partial charge on any atom is -0.478 e. The molecule has 0 aromatic carbocycles. The Bertz CT molecular complexity index is 665. The zero-order chi connectivity index (χ0) is 14.8. The van der Waals surface area contributed by atoms with E-state index in [0.717, 1.165) is 25.9 Å². The summed E-state index contributed by atoms with van der Waals surface area (Å²) in [6.45, 7) is 0.820. The number of rotatable bonds is 4. The molecular formula is C14H16ClN3O3. The van der Waals surface area contributed by atoms with Crippen molar-refractivity contribution in [2.45, 2.75) is 38.2 Å². The lowest BCUT2D eigenvalue weighted by molar-refractivity contribution is 0.0112. The first-order valence-corrected chi connectivity index (χ1v) is 7.41. The maximum atomic E-state index is 11.1. The van der Waals surface area contributed by atoms with Gasteiger partial charge in [-0.05, 0) is 31.7 Å². The highest BCUT2D eigenvalue weighted by atomic mass is 35.5. The van der Waals surface area contributed by atoms with E-state index in [0.29, 0.717) is 22.9 Å². The second-order valence-corrected chi connectivity index (χ2v) is 5.63. The molecule has 6 nitrogen and oxygen atoms in total. The number of hydrogen-bond acceptors (Lipinski definition) is 4. The highest BCUT2D eigenvalue weighted by Crippen LogP contribution is 2.21. The van der Waals surface area contributed by atoms with E-state index >= 15 is 0 Å². The number of nitrogens with zero attached hydrogens (tertiary/aromatic N) is 3. The van der Waals surface area contributed by atoms with E-state index in [2.05, 4.69) is 10.2 Å². The molecule has 1 atom stereocenters. The SMILES string of the molecule is O=C(O)c1cc(Cl)c2nnc(CCC3CCCCO3)n2c1. The molecule has 2 aromatic rings. The Labute approximate surface area is 126 Å². The Hall–Kier alpha value is -1.66. The number of carboxylic acid groups (broad SMARTS) is 1. The molecule has 1 unspecified atom stereocenters. The molecule has 0 amide bonds. The van der Waals surface area contributed by atoms with Crippen LogP contribution in [0.3, 0.4) is 0 Å². The molecule has 2 aromatic heterocycles. The molecule has 0 saturated carbocycles. The van der Waals surface area contributed by atoms with Crippen LogP contribution in [-0.2, 0) is 11.2 Å². The summed E-state index contributed by atoms with van der Waals surface area (Å²) in [4.78, 5) is 11.1. The van der Waals surface area contributed by atoms with Crippen molar-refractivity contribution in [2.75, 3.05) is 6.61 Å². The smallest absolute Gasteiger partial charge is 0.337 e. The van der Waals surface area contributed by atoms with Crippen molar-refractivity contribution < 1.29 is 14.6 Å². The molecule has 1 fully saturated rings. The largest absolute Gasteiger partial charge is 0.478 e. The highest BCUT2D eigenvalue weighted by Gasteiger charge is 2.17. The minimum absolute atomic E-state index is 0.127. The molecular weight excluding hydrogens is 294 g/mol. The van der Waals surface area contributed by atoms with E-state index in [1.165, 1.54) is 18.7 Å². The number of aromatic carboxylic acids is 1. The summed E-state index contributed by atoms with van der Waals surface area (Å²) in [6.07, 6.45) is 6.70. The van der Waals surface area contributed by atoms with Gasteiger partial charge in [0.15, 0.2) is 5.65 Å². The first-order valence-electron chi connectivity index (χ1n) is 7.03. The van der Waals surface area contributed by atoms with Gasteiger partial charge in [0, 0.05) is 19.2 Å². The van der Waals surface area contributed by atoms with Gasteiger partial charge < -0.3 is 9.84 Å². The van der Waals surface area contributed by atoms with E-state index in [1.807, 2.05) is 0 Å². The zero-order valence-electron chi connectivity index (χ0n) is 11.5. The van der Waals surface area contributed by atoms with Gasteiger partial charge in [-0.15, -0.1) is 10.2 Å². The third-order valence-corrected chi connectivity index (χ3v) is 4.02. The van der Waals surface area contributed by atoms with Gasteiger partial charge in [-0.3, -0.25) is 4.40 Å². The second kappa shape index (κ2) is 5.99. The highest BCUT2D eigenvalue weighted by molar-refractivity contribution is 6.33. The molecule has 0 radical (unpaired) electrons. The monoisotopic (exact) mass is 309 g/mol. The van der Waals surface area contributed by atoms with Gasteiger partial charge in [-0.1, -0.05) is 11.6 Å². The summed E-state index contributed by atoms with van der Waals surface area (Å²) in [5, 5.41) is 17.5. The van der Waals surface area contributed by atoms with Gasteiger partial charge >= 0.3 is 5.97 Å². The number of aromatic nitrogens is 3. The average Bonchev–Trinajstić information content (AvgIpc) is 2.90. The normalized spacial score (nSPS) is 19.0. The Morgan fingerprint density at radius 1 is 1.48 bits per heavy atom. The van der Waals surface area contributed by atoms with Crippen molar-refractivity contribution in [3.8, 4) is 0 Å². The molecule has 0 aliphatic carbocycles. The fourth-order valence-corrected chi connectivity index (χ4v) is 2.86. The Morgan fingerprint density at radius 3 is 3.05 bits per heavy atom. The quantitative estimate of drug-likeness (QED) is 0.939. The molecule has 0 spiro atoms. The molecule has 7 heteroatoms. The molecule has 112 valence electrons. The summed E-state index contributed by atoms with van der Waals surface area (Å²) in [5.41, 5.74) is 0.615. The Kier molecular flexibility index (Phi) is 4.07. The minimum atomic E-state index is -1.02. The fraction of sp³-hybridized carbons (Fsp3) is 0.500. The maximum Gasteiger partial charge on any atom is 0.337 e. The van der Waals surface area contributed by atoms with Crippen molar-refractivity contribution in [2.24, 2.45) is 0 Å². The lowest BCUT2D eigenvalue weighted by Gasteiger charge is -2.22. The first-order chi connectivity index (χ1) is 10.1. The molecule has 0 bridgehead atoms. The summed E-state index contributed by atoms with van der Waals surface area (Å²) < 4.78 is 7.36. The fourth-order valence-electron chi connectivity index (χ4n) is 2.61. The summed E-state index contributed by atoms with van der Waals surface area (Å²) in [5.74, 6) is -0.307. The Balaban J connectivity index is 1.83. The van der Waals surface area contributed by atoms with Crippen LogP contribution in [0.2, 0.25) is 5.02 Å². The van der Waals surface area contributed by atoms with Gasteiger partial charge in [0.1, 0.15) is 5.82 Å². The number of halogens is 1. The number of carbonyl (C=O) groups is 1. The van der Waals surface area contributed by atoms with Gasteiger partial charge in [0.05, 0.1) is 16.7 Å². The van der Waals surface area contributed by atoms with Crippen LogP contribution in [0.5, 0.6) is 0 Å². The van der Waals surface area contributed by atoms with Crippen LogP contribution in [0.25, 0.3) is 5.65 Å². The Morgan fingerprint density at radius 2 is 2.33 bits per heavy atom. The summed E-state index contributed by atoms with van der Waals surface area (Å²) in [6, 6.07) is 1.39. The number of fused-ring (bicyclic) bond motifs is 1. The van der Waals surface area contributed by atoms with E-state index in [4.69, 9.17) is 21.4 Å². The van der Waals surface area contributed by atoms with Crippen molar-refractivity contribution >= 4 is 23.2 Å². The van der Waals surface area contributed by atoms with Gasteiger partial charge in [0.2, 0.25) is 0 Å². The number of ether oxygens (including phenoxy) is 1. The molecule has 3 rings (SSSR count). The van der Waals surface area contributed by atoms with E-state index in [9.17, 15) is 4.79 Å². The molecule has 1 N–H and O–H groups in total. The third kappa shape index (κ3) is 3.01. The molecule has 1 saturated heterocycles.